The van der Waals surface area contributed by atoms with Crippen molar-refractivity contribution in [3.05, 3.63) is 24.0 Å². The minimum atomic E-state index is -3.52. The van der Waals surface area contributed by atoms with Gasteiger partial charge in [0, 0.05) is 20.6 Å². The highest BCUT2D eigenvalue weighted by Crippen LogP contribution is 2.28. The number of aryl methyl sites for hydroxylation is 1. The van der Waals surface area contributed by atoms with Crippen LogP contribution in [-0.4, -0.2) is 42.3 Å². The van der Waals surface area contributed by atoms with E-state index in [1.54, 1.807) is 18.2 Å². The Morgan fingerprint density at radius 2 is 2.08 bits per heavy atom. The summed E-state index contributed by atoms with van der Waals surface area (Å²) in [5, 5.41) is 0. The molecule has 26 heavy (non-hydrogen) atoms. The maximum absolute atomic E-state index is 12.3. The van der Waals surface area contributed by atoms with E-state index in [0.29, 0.717) is 11.3 Å². The molecule has 1 fully saturated rings. The van der Waals surface area contributed by atoms with Crippen molar-refractivity contribution in [3.8, 4) is 0 Å². The van der Waals surface area contributed by atoms with Crippen LogP contribution < -0.4 is 0 Å². The number of fused-ring (bicyclic) bond motifs is 1. The minimum absolute atomic E-state index is 0.0239. The zero-order chi connectivity index (χ0) is 18.9. The Balaban J connectivity index is 1.92. The normalized spacial score (nSPS) is 15.4. The Morgan fingerprint density at radius 1 is 1.35 bits per heavy atom. The van der Waals surface area contributed by atoms with Crippen molar-refractivity contribution in [2.24, 2.45) is 5.92 Å². The maximum Gasteiger partial charge on any atom is 0.309 e. The second-order valence-electron chi connectivity index (χ2n) is 6.85. The number of nitrogens with zero attached hydrogens (tertiary/aromatic N) is 3. The van der Waals surface area contributed by atoms with Crippen LogP contribution in [0, 0.1) is 5.92 Å². The van der Waals surface area contributed by atoms with Crippen LogP contribution in [0.3, 0.4) is 0 Å². The van der Waals surface area contributed by atoms with Crippen LogP contribution in [0.25, 0.3) is 11.0 Å². The van der Waals surface area contributed by atoms with E-state index in [1.165, 1.54) is 18.4 Å². The molecular formula is C18H25N3O4S. The van der Waals surface area contributed by atoms with Crippen molar-refractivity contribution in [3.63, 3.8) is 0 Å². The van der Waals surface area contributed by atoms with Gasteiger partial charge in [0.05, 0.1) is 21.8 Å². The zero-order valence-corrected chi connectivity index (χ0v) is 16.3. The lowest BCUT2D eigenvalue weighted by Crippen LogP contribution is -2.24. The van der Waals surface area contributed by atoms with E-state index in [1.807, 2.05) is 4.57 Å². The van der Waals surface area contributed by atoms with E-state index in [-0.39, 0.29) is 23.4 Å². The number of hydrogen-bond donors (Lipinski definition) is 0. The van der Waals surface area contributed by atoms with Gasteiger partial charge in [-0.15, -0.1) is 0 Å². The lowest BCUT2D eigenvalue weighted by atomic mass is 9.86. The van der Waals surface area contributed by atoms with Gasteiger partial charge >= 0.3 is 5.97 Å². The smallest absolute Gasteiger partial charge is 0.309 e. The number of benzene rings is 1. The van der Waals surface area contributed by atoms with Crippen LogP contribution in [0.1, 0.15) is 38.4 Å². The number of aromatic nitrogens is 2. The molecule has 0 bridgehead atoms. The molecule has 1 aliphatic rings. The highest BCUT2D eigenvalue weighted by molar-refractivity contribution is 7.89. The van der Waals surface area contributed by atoms with E-state index in [0.717, 1.165) is 37.7 Å². The predicted octanol–water partition coefficient (Wildman–Crippen LogP) is 2.54. The topological polar surface area (TPSA) is 81.5 Å². The average molecular weight is 379 g/mol. The summed E-state index contributed by atoms with van der Waals surface area (Å²) in [6.07, 6.45) is 3.77. The summed E-state index contributed by atoms with van der Waals surface area (Å²) in [7, 11) is -0.517. The number of rotatable bonds is 7. The van der Waals surface area contributed by atoms with E-state index < -0.39 is 10.0 Å². The number of imidazole rings is 1. The van der Waals surface area contributed by atoms with Crippen LogP contribution in [0.15, 0.2) is 23.1 Å². The monoisotopic (exact) mass is 379 g/mol. The fraction of sp³-hybridized carbons (Fsp3) is 0.556. The minimum Gasteiger partial charge on any atom is -0.457 e. The number of sulfonamides is 1. The summed E-state index contributed by atoms with van der Waals surface area (Å²) in [5.41, 5.74) is 1.44. The highest BCUT2D eigenvalue weighted by Gasteiger charge is 2.27. The molecule has 0 radical (unpaired) electrons. The molecule has 8 heteroatoms. The Bertz CT molecular complexity index is 914. The first kappa shape index (κ1) is 18.8. The molecule has 0 aliphatic heterocycles. The van der Waals surface area contributed by atoms with Gasteiger partial charge in [0.25, 0.3) is 0 Å². The van der Waals surface area contributed by atoms with E-state index >= 15 is 0 Å². The van der Waals surface area contributed by atoms with Crippen molar-refractivity contribution in [1.82, 2.24) is 13.9 Å². The van der Waals surface area contributed by atoms with Crippen molar-refractivity contribution in [2.75, 3.05) is 14.1 Å². The number of carbonyl (C=O) groups is 1. The Kier molecular flexibility index (Phi) is 5.34. The number of hydrogen-bond acceptors (Lipinski definition) is 5. The summed E-state index contributed by atoms with van der Waals surface area (Å²) >= 11 is 0. The van der Waals surface area contributed by atoms with Crippen LogP contribution in [0.4, 0.5) is 0 Å². The molecule has 1 saturated carbocycles. The quantitative estimate of drug-likeness (QED) is 0.691. The molecule has 0 amide bonds. The standard InChI is InChI=1S/C18H25N3O4S/c1-4-10-21-16-9-8-14(26(23,24)20(2)3)11-15(16)19-17(21)12-25-18(22)13-6-5-7-13/h8-9,11,13H,4-7,10,12H2,1-3H3. The third kappa shape index (κ3) is 3.48. The maximum atomic E-state index is 12.3. The lowest BCUT2D eigenvalue weighted by Gasteiger charge is -2.23. The van der Waals surface area contributed by atoms with Gasteiger partial charge in [-0.3, -0.25) is 4.79 Å². The van der Waals surface area contributed by atoms with Gasteiger partial charge in [0.15, 0.2) is 0 Å². The molecule has 0 spiro atoms. The Morgan fingerprint density at radius 3 is 2.65 bits per heavy atom. The fourth-order valence-electron chi connectivity index (χ4n) is 3.01. The van der Waals surface area contributed by atoms with Crippen molar-refractivity contribution in [1.29, 1.82) is 0 Å². The van der Waals surface area contributed by atoms with Gasteiger partial charge in [-0.25, -0.2) is 17.7 Å². The molecule has 142 valence electrons. The van der Waals surface area contributed by atoms with Crippen molar-refractivity contribution in [2.45, 2.75) is 50.7 Å². The van der Waals surface area contributed by atoms with Gasteiger partial charge in [-0.2, -0.15) is 0 Å². The summed E-state index contributed by atoms with van der Waals surface area (Å²) < 4.78 is 33.3. The van der Waals surface area contributed by atoms with Crippen LogP contribution in [0.5, 0.6) is 0 Å². The molecule has 0 N–H and O–H groups in total. The van der Waals surface area contributed by atoms with Gasteiger partial charge < -0.3 is 9.30 Å². The predicted molar refractivity (Wildman–Crippen MR) is 98.0 cm³/mol. The molecule has 3 rings (SSSR count). The zero-order valence-electron chi connectivity index (χ0n) is 15.4. The van der Waals surface area contributed by atoms with Gasteiger partial charge in [0.2, 0.25) is 10.0 Å². The molecule has 2 aromatic rings. The third-order valence-corrected chi connectivity index (χ3v) is 6.62. The third-order valence-electron chi connectivity index (χ3n) is 4.81. The van der Waals surface area contributed by atoms with E-state index in [2.05, 4.69) is 11.9 Å². The van der Waals surface area contributed by atoms with E-state index in [4.69, 9.17) is 4.74 Å². The first-order valence-electron chi connectivity index (χ1n) is 8.93. The largest absolute Gasteiger partial charge is 0.457 e. The summed E-state index contributed by atoms with van der Waals surface area (Å²) in [6.45, 7) is 2.90. The van der Waals surface area contributed by atoms with Gasteiger partial charge in [-0.05, 0) is 37.5 Å². The molecule has 7 nitrogen and oxygen atoms in total. The Labute approximate surface area is 154 Å². The van der Waals surface area contributed by atoms with E-state index in [9.17, 15) is 13.2 Å². The van der Waals surface area contributed by atoms with Crippen molar-refractivity contribution < 1.29 is 17.9 Å². The Hall–Kier alpha value is -1.93. The number of ether oxygens (including phenoxy) is 1. The number of esters is 1. The first-order chi connectivity index (χ1) is 12.3. The molecule has 1 aromatic carbocycles. The van der Waals surface area contributed by atoms with Gasteiger partial charge in [-0.1, -0.05) is 13.3 Å². The summed E-state index contributed by atoms with van der Waals surface area (Å²) in [4.78, 5) is 16.7. The molecule has 0 saturated heterocycles. The van der Waals surface area contributed by atoms with Crippen LogP contribution in [-0.2, 0) is 32.7 Å². The SMILES string of the molecule is CCCn1c(COC(=O)C2CCC2)nc2cc(S(=O)(=O)N(C)C)ccc21. The van der Waals surface area contributed by atoms with Crippen molar-refractivity contribution >= 4 is 27.0 Å². The first-order valence-corrected chi connectivity index (χ1v) is 10.4. The summed E-state index contributed by atoms with van der Waals surface area (Å²) in [5.74, 6) is 0.506. The number of carbonyl (C=O) groups excluding carboxylic acids is 1. The molecule has 0 atom stereocenters. The molecule has 1 aliphatic carbocycles. The fourth-order valence-corrected chi connectivity index (χ4v) is 3.93. The highest BCUT2D eigenvalue weighted by atomic mass is 32.2. The van der Waals surface area contributed by atoms with Crippen LogP contribution >= 0.6 is 0 Å². The molecule has 1 aromatic heterocycles. The molecule has 1 heterocycles. The molecule has 0 unspecified atom stereocenters. The van der Waals surface area contributed by atoms with Gasteiger partial charge in [0.1, 0.15) is 12.4 Å². The van der Waals surface area contributed by atoms with Crippen LogP contribution in [0.2, 0.25) is 0 Å². The summed E-state index contributed by atoms with van der Waals surface area (Å²) in [6, 6.07) is 4.94. The average Bonchev–Trinajstić information content (AvgIpc) is 2.88. The lowest BCUT2D eigenvalue weighted by molar-refractivity contribution is -0.153. The second kappa shape index (κ2) is 7.36. The second-order valence-corrected chi connectivity index (χ2v) is 9.00. The molecular weight excluding hydrogens is 354 g/mol.